The highest BCUT2D eigenvalue weighted by atomic mass is 15.0. The minimum atomic E-state index is 0.284. The van der Waals surface area contributed by atoms with Gasteiger partial charge in [0.2, 0.25) is 0 Å². The van der Waals surface area contributed by atoms with Gasteiger partial charge in [0, 0.05) is 27.7 Å². The summed E-state index contributed by atoms with van der Waals surface area (Å²) in [6.45, 7) is 4.49. The molecule has 0 amide bonds. The summed E-state index contributed by atoms with van der Waals surface area (Å²) in [6.07, 6.45) is 13.0. The van der Waals surface area contributed by atoms with Crippen LogP contribution in [0.15, 0.2) is 109 Å². The lowest BCUT2D eigenvalue weighted by Crippen LogP contribution is -2.32. The number of nitrogens with zero attached hydrogens (tertiary/aromatic N) is 1. The Morgan fingerprint density at radius 3 is 2.24 bits per heavy atom. The summed E-state index contributed by atoms with van der Waals surface area (Å²) in [4.78, 5) is 0. The van der Waals surface area contributed by atoms with Crippen molar-refractivity contribution in [1.82, 2.24) is 4.57 Å². The first-order valence-electron chi connectivity index (χ1n) is 13.4. The molecule has 1 heteroatoms. The van der Waals surface area contributed by atoms with Crippen LogP contribution >= 0.6 is 0 Å². The maximum Gasteiger partial charge on any atom is 0.0592 e. The van der Waals surface area contributed by atoms with Crippen molar-refractivity contribution in [2.24, 2.45) is 5.92 Å². The molecular weight excluding hydrogens is 446 g/mol. The number of allylic oxidation sites excluding steroid dienone is 4. The zero-order valence-corrected chi connectivity index (χ0v) is 21.4. The highest BCUT2D eigenvalue weighted by molar-refractivity contribution is 6.09. The van der Waals surface area contributed by atoms with Gasteiger partial charge in [0.15, 0.2) is 0 Å². The largest absolute Gasteiger partial charge is 0.333 e. The maximum absolute atomic E-state index is 2.56. The fraction of sp³-hybridized carbons (Fsp3) is 0.167. The average Bonchev–Trinajstić information content (AvgIpc) is 3.27. The van der Waals surface area contributed by atoms with Crippen molar-refractivity contribution >= 4 is 39.5 Å². The number of aromatic nitrogens is 1. The fourth-order valence-corrected chi connectivity index (χ4v) is 6.24. The van der Waals surface area contributed by atoms with E-state index in [0.29, 0.717) is 11.8 Å². The number of para-hydroxylation sites is 1. The molecule has 7 rings (SSSR count). The van der Waals surface area contributed by atoms with Gasteiger partial charge < -0.3 is 4.57 Å². The second-order valence-corrected chi connectivity index (χ2v) is 10.7. The molecule has 0 N–H and O–H groups in total. The summed E-state index contributed by atoms with van der Waals surface area (Å²) in [5, 5.41) is 5.34. The van der Waals surface area contributed by atoms with E-state index in [1.807, 2.05) is 0 Å². The molecule has 0 aliphatic heterocycles. The minimum Gasteiger partial charge on any atom is -0.333 e. The van der Waals surface area contributed by atoms with E-state index in [4.69, 9.17) is 0 Å². The van der Waals surface area contributed by atoms with E-state index in [2.05, 4.69) is 140 Å². The van der Waals surface area contributed by atoms with Crippen LogP contribution in [0.4, 0.5) is 0 Å². The number of benzene rings is 4. The molecule has 1 nitrogen and oxygen atoms in total. The van der Waals surface area contributed by atoms with Crippen molar-refractivity contribution in [3.8, 4) is 0 Å². The Morgan fingerprint density at radius 1 is 0.730 bits per heavy atom. The van der Waals surface area contributed by atoms with Gasteiger partial charge in [-0.15, -0.1) is 0 Å². The molecular formula is C36H31N. The molecule has 1 heterocycles. The Morgan fingerprint density at radius 2 is 1.46 bits per heavy atom. The van der Waals surface area contributed by atoms with Gasteiger partial charge in [0.25, 0.3) is 0 Å². The van der Waals surface area contributed by atoms with Crippen molar-refractivity contribution < 1.29 is 0 Å². The molecule has 0 saturated carbocycles. The molecule has 0 spiro atoms. The zero-order valence-electron chi connectivity index (χ0n) is 21.4. The molecule has 37 heavy (non-hydrogen) atoms. The summed E-state index contributed by atoms with van der Waals surface area (Å²) in [6, 6.07) is 33.9. The molecule has 3 atom stereocenters. The number of aryl methyl sites for hydroxylation is 1. The SMILES string of the molecule is Cc1ccc(C2C=CC(c3ccc4c(c3)c3ccccc3n4C3C=c4ccccc4=CC3C)=CC2)cc1. The van der Waals surface area contributed by atoms with Gasteiger partial charge in [-0.25, -0.2) is 0 Å². The third-order valence-corrected chi connectivity index (χ3v) is 8.27. The summed E-state index contributed by atoms with van der Waals surface area (Å²) < 4.78 is 2.56. The number of fused-ring (bicyclic) bond motifs is 4. The third kappa shape index (κ3) is 3.78. The van der Waals surface area contributed by atoms with Crippen LogP contribution in [0.2, 0.25) is 0 Å². The fourth-order valence-electron chi connectivity index (χ4n) is 6.24. The van der Waals surface area contributed by atoms with Crippen molar-refractivity contribution in [3.63, 3.8) is 0 Å². The molecule has 1 aromatic heterocycles. The normalized spacial score (nSPS) is 20.8. The highest BCUT2D eigenvalue weighted by Crippen LogP contribution is 2.38. The van der Waals surface area contributed by atoms with Gasteiger partial charge in [0.1, 0.15) is 0 Å². The van der Waals surface area contributed by atoms with Crippen molar-refractivity contribution in [3.05, 3.63) is 136 Å². The lowest BCUT2D eigenvalue weighted by atomic mass is 9.88. The summed E-state index contributed by atoms with van der Waals surface area (Å²) >= 11 is 0. The molecule has 2 aliphatic carbocycles. The van der Waals surface area contributed by atoms with Crippen LogP contribution in [0.3, 0.4) is 0 Å². The average molecular weight is 478 g/mol. The van der Waals surface area contributed by atoms with Gasteiger partial charge >= 0.3 is 0 Å². The summed E-state index contributed by atoms with van der Waals surface area (Å²) in [5.74, 6) is 0.869. The number of rotatable bonds is 3. The Hall–Kier alpha value is -4.10. The van der Waals surface area contributed by atoms with Crippen LogP contribution in [0.25, 0.3) is 39.5 Å². The first kappa shape index (κ1) is 22.1. The molecule has 3 unspecified atom stereocenters. The van der Waals surface area contributed by atoms with Crippen molar-refractivity contribution in [2.45, 2.75) is 32.2 Å². The molecule has 4 aromatic carbocycles. The summed E-state index contributed by atoms with van der Waals surface area (Å²) in [7, 11) is 0. The Bertz CT molecular complexity index is 1830. The van der Waals surface area contributed by atoms with Gasteiger partial charge in [-0.05, 0) is 64.6 Å². The Kier molecular flexibility index (Phi) is 5.25. The standard InChI is InChI=1S/C36H31N/c1-24-11-13-26(14-12-24)27-15-17-28(18-16-27)31-19-20-35-33(22-31)32-9-5-6-10-34(32)37(35)36-23-30-8-4-3-7-29(30)21-25(36)2/h3-15,17-23,25,27,36H,16H2,1-2H3. The van der Waals surface area contributed by atoms with Crippen molar-refractivity contribution in [1.29, 1.82) is 0 Å². The Balaban J connectivity index is 1.30. The third-order valence-electron chi connectivity index (χ3n) is 8.27. The maximum atomic E-state index is 2.56. The van der Waals surface area contributed by atoms with Crippen molar-refractivity contribution in [2.75, 3.05) is 0 Å². The first-order chi connectivity index (χ1) is 18.2. The first-order valence-corrected chi connectivity index (χ1v) is 13.4. The smallest absolute Gasteiger partial charge is 0.0592 e. The summed E-state index contributed by atoms with van der Waals surface area (Å²) in [5.41, 5.74) is 7.95. The van der Waals surface area contributed by atoms with Crippen LogP contribution in [-0.2, 0) is 0 Å². The molecule has 2 aliphatic rings. The number of hydrogen-bond donors (Lipinski definition) is 0. The van der Waals surface area contributed by atoms with E-state index in [1.165, 1.54) is 54.5 Å². The van der Waals surface area contributed by atoms with E-state index in [9.17, 15) is 0 Å². The minimum absolute atomic E-state index is 0.284. The number of hydrogen-bond acceptors (Lipinski definition) is 0. The predicted molar refractivity (Wildman–Crippen MR) is 158 cm³/mol. The lowest BCUT2D eigenvalue weighted by molar-refractivity contribution is 0.557. The highest BCUT2D eigenvalue weighted by Gasteiger charge is 2.23. The molecule has 5 aromatic rings. The van der Waals surface area contributed by atoms with Gasteiger partial charge in [-0.1, -0.05) is 116 Å². The van der Waals surface area contributed by atoms with Crippen LogP contribution in [0.5, 0.6) is 0 Å². The Labute approximate surface area is 218 Å². The van der Waals surface area contributed by atoms with E-state index in [0.717, 1.165) is 6.42 Å². The molecule has 0 fully saturated rings. The predicted octanol–water partition coefficient (Wildman–Crippen LogP) is 7.68. The molecule has 0 saturated heterocycles. The topological polar surface area (TPSA) is 4.93 Å². The second-order valence-electron chi connectivity index (χ2n) is 10.7. The molecule has 0 radical (unpaired) electrons. The molecule has 0 bridgehead atoms. The zero-order chi connectivity index (χ0) is 24.9. The van der Waals surface area contributed by atoms with Crippen LogP contribution in [-0.4, -0.2) is 4.57 Å². The van der Waals surface area contributed by atoms with Gasteiger partial charge in [0.05, 0.1) is 6.04 Å². The van der Waals surface area contributed by atoms with Gasteiger partial charge in [-0.3, -0.25) is 0 Å². The monoisotopic (exact) mass is 477 g/mol. The molecule has 180 valence electrons. The van der Waals surface area contributed by atoms with Crippen LogP contribution in [0, 0.1) is 12.8 Å². The van der Waals surface area contributed by atoms with Crippen LogP contribution in [0.1, 0.15) is 42.0 Å². The second kappa shape index (κ2) is 8.78. The van der Waals surface area contributed by atoms with E-state index in [1.54, 1.807) is 0 Å². The van der Waals surface area contributed by atoms with Crippen LogP contribution < -0.4 is 10.4 Å². The van der Waals surface area contributed by atoms with E-state index >= 15 is 0 Å². The quantitative estimate of drug-likeness (QED) is 0.251. The van der Waals surface area contributed by atoms with Gasteiger partial charge in [-0.2, -0.15) is 0 Å². The lowest BCUT2D eigenvalue weighted by Gasteiger charge is -2.25. The van der Waals surface area contributed by atoms with E-state index in [-0.39, 0.29) is 6.04 Å². The van der Waals surface area contributed by atoms with E-state index < -0.39 is 0 Å².